The van der Waals surface area contributed by atoms with Gasteiger partial charge in [-0.3, -0.25) is 0 Å². The van der Waals surface area contributed by atoms with Crippen LogP contribution in [0, 0.1) is 0 Å². The third kappa shape index (κ3) is 4.17. The average Bonchev–Trinajstić information content (AvgIpc) is 3.79. The lowest BCUT2D eigenvalue weighted by atomic mass is 9.84. The Morgan fingerprint density at radius 3 is 1.63 bits per heavy atom. The van der Waals surface area contributed by atoms with E-state index in [1.165, 1.54) is 82.0 Å². The molecular weight excluding hydrogens is 629 g/mol. The zero-order chi connectivity index (χ0) is 34.3. The minimum atomic E-state index is 0.315. The zero-order valence-corrected chi connectivity index (χ0v) is 28.9. The highest BCUT2D eigenvalue weighted by Gasteiger charge is 2.26. The lowest BCUT2D eigenvalue weighted by molar-refractivity contribution is 0.673. The topological polar surface area (TPSA) is 13.1 Å². The van der Waals surface area contributed by atoms with Crippen LogP contribution in [0.5, 0.6) is 0 Å². The molecule has 0 saturated carbocycles. The SMILES string of the molecule is CCC1=Cc2ccccc2C1c1ccc(-c2c3ccccc3c(-c3ccc4c(c3)oc3c5ccccc5c5ccccc5c43)c3ccccc23)cc1. The van der Waals surface area contributed by atoms with Gasteiger partial charge in [0, 0.05) is 22.1 Å². The monoisotopic (exact) mass is 662 g/mol. The number of benzene rings is 9. The predicted molar refractivity (Wildman–Crippen MR) is 221 cm³/mol. The van der Waals surface area contributed by atoms with E-state index < -0.39 is 0 Å². The minimum absolute atomic E-state index is 0.315. The van der Waals surface area contributed by atoms with Gasteiger partial charge in [-0.05, 0) is 95.2 Å². The number of furan rings is 1. The Kier molecular flexibility index (Phi) is 6.36. The van der Waals surface area contributed by atoms with Crippen molar-refractivity contribution in [2.45, 2.75) is 19.3 Å². The molecule has 9 aromatic carbocycles. The van der Waals surface area contributed by atoms with Crippen LogP contribution < -0.4 is 0 Å². The molecule has 0 amide bonds. The molecule has 0 radical (unpaired) electrons. The second-order valence-electron chi connectivity index (χ2n) is 14.2. The normalized spacial score (nSPS) is 14.2. The lowest BCUT2D eigenvalue weighted by Crippen LogP contribution is -2.01. The van der Waals surface area contributed by atoms with Crippen LogP contribution in [-0.2, 0) is 0 Å². The molecule has 1 aromatic heterocycles. The molecule has 1 heterocycles. The van der Waals surface area contributed by atoms with Crippen molar-refractivity contribution in [3.63, 3.8) is 0 Å². The Labute approximate surface area is 302 Å². The van der Waals surface area contributed by atoms with E-state index in [-0.39, 0.29) is 0 Å². The van der Waals surface area contributed by atoms with E-state index in [1.54, 1.807) is 0 Å². The highest BCUT2D eigenvalue weighted by atomic mass is 16.3. The summed E-state index contributed by atoms with van der Waals surface area (Å²) in [6.07, 6.45) is 3.44. The van der Waals surface area contributed by atoms with Gasteiger partial charge in [-0.25, -0.2) is 0 Å². The Morgan fingerprint density at radius 1 is 0.462 bits per heavy atom. The van der Waals surface area contributed by atoms with Crippen molar-refractivity contribution in [3.8, 4) is 22.3 Å². The molecule has 1 heteroatoms. The first-order valence-electron chi connectivity index (χ1n) is 18.4. The molecule has 1 aliphatic rings. The molecule has 1 unspecified atom stereocenters. The molecule has 1 atom stereocenters. The summed E-state index contributed by atoms with van der Waals surface area (Å²) in [7, 11) is 0. The van der Waals surface area contributed by atoms with Gasteiger partial charge in [-0.15, -0.1) is 0 Å². The van der Waals surface area contributed by atoms with Crippen molar-refractivity contribution >= 4 is 71.1 Å². The van der Waals surface area contributed by atoms with Crippen LogP contribution in [0.15, 0.2) is 174 Å². The molecule has 244 valence electrons. The van der Waals surface area contributed by atoms with Crippen LogP contribution in [0.4, 0.5) is 0 Å². The van der Waals surface area contributed by atoms with Gasteiger partial charge in [-0.2, -0.15) is 0 Å². The summed E-state index contributed by atoms with van der Waals surface area (Å²) in [4.78, 5) is 0. The van der Waals surface area contributed by atoms with Crippen molar-refractivity contribution in [2.24, 2.45) is 0 Å². The fourth-order valence-electron chi connectivity index (χ4n) is 9.24. The maximum absolute atomic E-state index is 6.84. The first-order chi connectivity index (χ1) is 25.8. The molecule has 0 N–H and O–H groups in total. The summed E-state index contributed by atoms with van der Waals surface area (Å²) < 4.78 is 6.84. The molecule has 0 aliphatic heterocycles. The minimum Gasteiger partial charge on any atom is -0.455 e. The molecule has 52 heavy (non-hydrogen) atoms. The number of hydrogen-bond donors (Lipinski definition) is 0. The van der Waals surface area contributed by atoms with Gasteiger partial charge < -0.3 is 4.42 Å². The number of hydrogen-bond acceptors (Lipinski definition) is 1. The Morgan fingerprint density at radius 2 is 0.981 bits per heavy atom. The smallest absolute Gasteiger partial charge is 0.143 e. The molecule has 0 saturated heterocycles. The summed E-state index contributed by atoms with van der Waals surface area (Å²) in [5.74, 6) is 0.315. The fourth-order valence-corrected chi connectivity index (χ4v) is 9.24. The van der Waals surface area contributed by atoms with Crippen molar-refractivity contribution < 1.29 is 4.42 Å². The second kappa shape index (κ2) is 11.3. The molecule has 10 aromatic rings. The second-order valence-corrected chi connectivity index (χ2v) is 14.2. The van der Waals surface area contributed by atoms with Gasteiger partial charge in [0.25, 0.3) is 0 Å². The third-order valence-electron chi connectivity index (χ3n) is 11.5. The lowest BCUT2D eigenvalue weighted by Gasteiger charge is -2.19. The van der Waals surface area contributed by atoms with Crippen LogP contribution in [0.25, 0.3) is 93.4 Å². The van der Waals surface area contributed by atoms with Crippen LogP contribution in [0.3, 0.4) is 0 Å². The maximum atomic E-state index is 6.84. The molecule has 1 nitrogen and oxygen atoms in total. The average molecular weight is 663 g/mol. The van der Waals surface area contributed by atoms with Crippen molar-refractivity contribution in [2.75, 3.05) is 0 Å². The molecule has 0 bridgehead atoms. The van der Waals surface area contributed by atoms with E-state index in [0.29, 0.717) is 5.92 Å². The van der Waals surface area contributed by atoms with E-state index in [2.05, 4.69) is 177 Å². The van der Waals surface area contributed by atoms with Crippen molar-refractivity contribution in [3.05, 3.63) is 186 Å². The van der Waals surface area contributed by atoms with Gasteiger partial charge in [-0.1, -0.05) is 170 Å². The number of rotatable bonds is 4. The van der Waals surface area contributed by atoms with Gasteiger partial charge >= 0.3 is 0 Å². The molecule has 0 fully saturated rings. The van der Waals surface area contributed by atoms with E-state index in [0.717, 1.165) is 33.9 Å². The summed E-state index contributed by atoms with van der Waals surface area (Å²) in [6.45, 7) is 2.27. The predicted octanol–water partition coefficient (Wildman–Crippen LogP) is 14.5. The zero-order valence-electron chi connectivity index (χ0n) is 28.9. The number of allylic oxidation sites excluding steroid dienone is 1. The molecule has 0 spiro atoms. The van der Waals surface area contributed by atoms with Gasteiger partial charge in [0.2, 0.25) is 0 Å². The van der Waals surface area contributed by atoms with E-state index in [4.69, 9.17) is 4.42 Å². The molecule has 11 rings (SSSR count). The van der Waals surface area contributed by atoms with Gasteiger partial charge in [0.15, 0.2) is 0 Å². The first-order valence-corrected chi connectivity index (χ1v) is 18.4. The summed E-state index contributed by atoms with van der Waals surface area (Å²) in [6, 6.07) is 60.2. The molecular formula is C51H34O. The fraction of sp³-hybridized carbons (Fsp3) is 0.0588. The molecule has 1 aliphatic carbocycles. The van der Waals surface area contributed by atoms with Crippen molar-refractivity contribution in [1.82, 2.24) is 0 Å². The van der Waals surface area contributed by atoms with Crippen LogP contribution in [0.1, 0.15) is 36.0 Å². The van der Waals surface area contributed by atoms with Crippen LogP contribution >= 0.6 is 0 Å². The van der Waals surface area contributed by atoms with Crippen LogP contribution in [0.2, 0.25) is 0 Å². The third-order valence-corrected chi connectivity index (χ3v) is 11.5. The van der Waals surface area contributed by atoms with Crippen molar-refractivity contribution in [1.29, 1.82) is 0 Å². The number of fused-ring (bicyclic) bond motifs is 11. The first kappa shape index (κ1) is 29.3. The summed E-state index contributed by atoms with van der Waals surface area (Å²) in [5.41, 5.74) is 12.4. The van der Waals surface area contributed by atoms with Crippen LogP contribution in [-0.4, -0.2) is 0 Å². The standard InChI is InChI=1S/C51H34O/c1-2-31-29-34-13-3-4-14-36(34)47(31)32-23-25-33(26-24-32)48-40-18-8-10-20-42(40)49(43-21-11-9-19-41(43)48)35-27-28-45-46(30-35)52-51-44-22-12-6-16-38(44)37-15-5-7-17-39(37)50(45)51/h3-30,47H,2H2,1H3. The maximum Gasteiger partial charge on any atom is 0.143 e. The summed E-state index contributed by atoms with van der Waals surface area (Å²) >= 11 is 0. The largest absolute Gasteiger partial charge is 0.455 e. The van der Waals surface area contributed by atoms with Gasteiger partial charge in [0.05, 0.1) is 0 Å². The van der Waals surface area contributed by atoms with Gasteiger partial charge in [0.1, 0.15) is 11.2 Å². The quantitative estimate of drug-likeness (QED) is 0.135. The highest BCUT2D eigenvalue weighted by molar-refractivity contribution is 6.30. The Bertz CT molecular complexity index is 3040. The summed E-state index contributed by atoms with van der Waals surface area (Å²) in [5, 5.41) is 12.2. The highest BCUT2D eigenvalue weighted by Crippen LogP contribution is 2.47. The Balaban J connectivity index is 1.11. The Hall–Kier alpha value is -6.44. The van der Waals surface area contributed by atoms with E-state index in [9.17, 15) is 0 Å². The van der Waals surface area contributed by atoms with E-state index in [1.807, 2.05) is 0 Å². The van der Waals surface area contributed by atoms with E-state index >= 15 is 0 Å².